The van der Waals surface area contributed by atoms with E-state index in [4.69, 9.17) is 29.7 Å². The van der Waals surface area contributed by atoms with Crippen LogP contribution < -0.4 is 15.5 Å². The number of carbonyl (C=O) groups is 3. The van der Waals surface area contributed by atoms with Gasteiger partial charge in [0.05, 0.1) is 22.1 Å². The maximum Gasteiger partial charge on any atom is 0.490 e. The van der Waals surface area contributed by atoms with Crippen LogP contribution in [-0.4, -0.2) is 77.9 Å². The van der Waals surface area contributed by atoms with E-state index in [9.17, 15) is 39.6 Å². The third-order valence-electron chi connectivity index (χ3n) is 6.21. The number of nitrogens with one attached hydrogen (secondary N) is 2. The molecule has 0 spiro atoms. The van der Waals surface area contributed by atoms with Crippen LogP contribution in [0.25, 0.3) is 10.9 Å². The number of nitrogens with zero attached hydrogens (tertiary/aromatic N) is 1. The molecule has 2 heterocycles. The van der Waals surface area contributed by atoms with Gasteiger partial charge in [0.15, 0.2) is 9.84 Å². The lowest BCUT2D eigenvalue weighted by molar-refractivity contribution is -0.193. The fourth-order valence-electron chi connectivity index (χ4n) is 4.09. The molecule has 3 aromatic rings. The van der Waals surface area contributed by atoms with Gasteiger partial charge in [-0.05, 0) is 55.8 Å². The first-order chi connectivity index (χ1) is 21.3. The topological polar surface area (TPSA) is 192 Å². The summed E-state index contributed by atoms with van der Waals surface area (Å²) in [5.74, 6) is -6.71. The zero-order chi connectivity index (χ0) is 34.9. The molecule has 46 heavy (non-hydrogen) atoms. The van der Waals surface area contributed by atoms with Gasteiger partial charge in [0.25, 0.3) is 0 Å². The molecule has 1 aliphatic rings. The van der Waals surface area contributed by atoms with Gasteiger partial charge < -0.3 is 20.3 Å². The molecule has 1 aliphatic heterocycles. The number of aliphatic carboxylic acids is 2. The highest BCUT2D eigenvalue weighted by atomic mass is 32.2. The standard InChI is InChI=1S/C23H25N3O5S.2C2HF3O2/c1-15-10-16(20-4-2-3-5-22(20)25-15)13-31-18-6-8-19(9-7-18)32(29,30)14-17-11-24-12-21(17)23(27)26-28;2*3-2(4,5)1(6)7/h2-10,17,21,24,28H,11-14H2,1H3,(H,26,27);2*(H,6,7)/t17-,21-;;/m0../s1. The molecule has 5 N–H and O–H groups in total. The third-order valence-corrected chi connectivity index (χ3v) is 8.07. The molecule has 1 aromatic heterocycles. The van der Waals surface area contributed by atoms with Crippen molar-refractivity contribution in [3.05, 3.63) is 65.9 Å². The van der Waals surface area contributed by atoms with Gasteiger partial charge in [-0.1, -0.05) is 18.2 Å². The largest absolute Gasteiger partial charge is 0.490 e. The number of hydrogen-bond acceptors (Lipinski definition) is 9. The maximum absolute atomic E-state index is 12.8. The first kappa shape index (κ1) is 37.7. The second-order valence-electron chi connectivity index (χ2n) is 9.59. The summed E-state index contributed by atoms with van der Waals surface area (Å²) < 4.78 is 95.1. The number of aromatic nitrogens is 1. The van der Waals surface area contributed by atoms with Crippen LogP contribution in [0.5, 0.6) is 5.75 Å². The number of hydrogen-bond donors (Lipinski definition) is 5. The Kier molecular flexibility index (Phi) is 12.8. The fourth-order valence-corrected chi connectivity index (χ4v) is 5.75. The van der Waals surface area contributed by atoms with Crippen LogP contribution in [-0.2, 0) is 30.8 Å². The van der Waals surface area contributed by atoms with E-state index < -0.39 is 51.9 Å². The van der Waals surface area contributed by atoms with Gasteiger partial charge in [-0.25, -0.2) is 23.5 Å². The molecule has 4 rings (SSSR count). The van der Waals surface area contributed by atoms with E-state index >= 15 is 0 Å². The molecule has 0 bridgehead atoms. The zero-order valence-corrected chi connectivity index (χ0v) is 24.4. The Morgan fingerprint density at radius 1 is 0.957 bits per heavy atom. The Hall–Kier alpha value is -4.49. The van der Waals surface area contributed by atoms with Gasteiger partial charge >= 0.3 is 24.3 Å². The number of benzene rings is 2. The summed E-state index contributed by atoms with van der Waals surface area (Å²) in [6.07, 6.45) is -10.2. The minimum atomic E-state index is -5.08. The number of sulfone groups is 1. The number of ether oxygens (including phenoxy) is 1. The smallest absolute Gasteiger partial charge is 0.489 e. The summed E-state index contributed by atoms with van der Waals surface area (Å²) in [5, 5.41) is 27.1. The van der Waals surface area contributed by atoms with Crippen molar-refractivity contribution in [2.45, 2.75) is 30.8 Å². The van der Waals surface area contributed by atoms with Gasteiger partial charge in [-0.15, -0.1) is 0 Å². The summed E-state index contributed by atoms with van der Waals surface area (Å²) in [5.41, 5.74) is 4.43. The summed E-state index contributed by atoms with van der Waals surface area (Å²) in [4.78, 5) is 34.3. The normalized spacial score (nSPS) is 16.3. The number of fused-ring (bicyclic) bond motifs is 1. The molecule has 0 saturated carbocycles. The number of alkyl halides is 6. The molecule has 252 valence electrons. The van der Waals surface area contributed by atoms with Crippen LogP contribution in [0.15, 0.2) is 59.5 Å². The quantitative estimate of drug-likeness (QED) is 0.139. The molecule has 2 atom stereocenters. The van der Waals surface area contributed by atoms with Crippen molar-refractivity contribution < 1.29 is 69.3 Å². The highest BCUT2D eigenvalue weighted by Gasteiger charge is 2.39. The van der Waals surface area contributed by atoms with E-state index in [0.717, 1.165) is 22.2 Å². The van der Waals surface area contributed by atoms with Gasteiger partial charge in [0.1, 0.15) is 12.4 Å². The second kappa shape index (κ2) is 15.7. The third kappa shape index (κ3) is 11.1. The Balaban J connectivity index is 0.000000440. The van der Waals surface area contributed by atoms with Crippen LogP contribution in [0.3, 0.4) is 0 Å². The van der Waals surface area contributed by atoms with Crippen molar-refractivity contribution >= 4 is 38.6 Å². The lowest BCUT2D eigenvalue weighted by atomic mass is 9.97. The molecule has 0 unspecified atom stereocenters. The number of aryl methyl sites for hydroxylation is 1. The molecule has 1 fully saturated rings. The Morgan fingerprint density at radius 3 is 2.02 bits per heavy atom. The summed E-state index contributed by atoms with van der Waals surface area (Å²) in [6, 6.07) is 16.1. The van der Waals surface area contributed by atoms with Gasteiger partial charge in [0, 0.05) is 23.2 Å². The number of carboxylic acids is 2. The molecular formula is C27H27F6N3O9S. The minimum absolute atomic E-state index is 0.171. The first-order valence-corrected chi connectivity index (χ1v) is 14.5. The van der Waals surface area contributed by atoms with E-state index in [2.05, 4.69) is 10.3 Å². The highest BCUT2D eigenvalue weighted by molar-refractivity contribution is 7.91. The predicted molar refractivity (Wildman–Crippen MR) is 146 cm³/mol. The molecule has 2 aromatic carbocycles. The molecule has 0 aliphatic carbocycles. The number of pyridine rings is 1. The summed E-state index contributed by atoms with van der Waals surface area (Å²) >= 11 is 0. The van der Waals surface area contributed by atoms with Crippen molar-refractivity contribution in [2.75, 3.05) is 18.8 Å². The summed E-state index contributed by atoms with van der Waals surface area (Å²) in [7, 11) is -3.60. The van der Waals surface area contributed by atoms with Gasteiger partial charge in [-0.3, -0.25) is 15.0 Å². The number of para-hydroxylation sites is 1. The number of hydroxylamine groups is 1. The highest BCUT2D eigenvalue weighted by Crippen LogP contribution is 2.25. The van der Waals surface area contributed by atoms with Crippen molar-refractivity contribution in [1.82, 2.24) is 15.8 Å². The second-order valence-corrected chi connectivity index (χ2v) is 11.6. The molecule has 0 radical (unpaired) electrons. The number of carboxylic acid groups (broad SMARTS) is 2. The van der Waals surface area contributed by atoms with Crippen molar-refractivity contribution in [2.24, 2.45) is 11.8 Å². The van der Waals surface area contributed by atoms with E-state index in [1.807, 2.05) is 37.3 Å². The Labute approximate surface area is 256 Å². The first-order valence-electron chi connectivity index (χ1n) is 12.8. The van der Waals surface area contributed by atoms with Crippen molar-refractivity contribution in [3.63, 3.8) is 0 Å². The van der Waals surface area contributed by atoms with E-state index in [1.165, 1.54) is 12.1 Å². The van der Waals surface area contributed by atoms with E-state index in [1.54, 1.807) is 17.6 Å². The Morgan fingerprint density at radius 2 is 1.50 bits per heavy atom. The number of carbonyl (C=O) groups excluding carboxylic acids is 1. The molecule has 1 saturated heterocycles. The fraction of sp³-hybridized carbons (Fsp3) is 0.333. The molecule has 12 nitrogen and oxygen atoms in total. The lowest BCUT2D eigenvalue weighted by Crippen LogP contribution is -2.35. The van der Waals surface area contributed by atoms with Crippen LogP contribution in [0, 0.1) is 18.8 Å². The SMILES string of the molecule is Cc1cc(COc2ccc(S(=O)(=O)C[C@@H]3CNC[C@@H]3C(=O)NO)cc2)c2ccccc2n1.O=C(O)C(F)(F)F.O=C(O)C(F)(F)F. The van der Waals surface area contributed by atoms with Crippen LogP contribution >= 0.6 is 0 Å². The Bertz CT molecular complexity index is 1610. The van der Waals surface area contributed by atoms with Crippen LogP contribution in [0.2, 0.25) is 0 Å². The maximum atomic E-state index is 12.8. The zero-order valence-electron chi connectivity index (χ0n) is 23.6. The monoisotopic (exact) mass is 683 g/mol. The molecule has 19 heteroatoms. The lowest BCUT2D eigenvalue weighted by Gasteiger charge is -2.17. The van der Waals surface area contributed by atoms with Gasteiger partial charge in [0.2, 0.25) is 5.91 Å². The molecule has 1 amide bonds. The molecular weight excluding hydrogens is 656 g/mol. The number of rotatable bonds is 7. The van der Waals surface area contributed by atoms with Crippen molar-refractivity contribution in [1.29, 1.82) is 0 Å². The van der Waals surface area contributed by atoms with Gasteiger partial charge in [-0.2, -0.15) is 26.3 Å². The van der Waals surface area contributed by atoms with Crippen LogP contribution in [0.4, 0.5) is 26.3 Å². The summed E-state index contributed by atoms with van der Waals surface area (Å²) in [6.45, 7) is 3.01. The number of amides is 1. The van der Waals surface area contributed by atoms with E-state index in [0.29, 0.717) is 25.4 Å². The average Bonchev–Trinajstić information content (AvgIpc) is 3.42. The van der Waals surface area contributed by atoms with Crippen LogP contribution in [0.1, 0.15) is 11.3 Å². The predicted octanol–water partition coefficient (Wildman–Crippen LogP) is 3.50. The minimum Gasteiger partial charge on any atom is -0.489 e. The average molecular weight is 684 g/mol. The number of halogens is 6. The van der Waals surface area contributed by atoms with E-state index in [-0.39, 0.29) is 10.6 Å². The van der Waals surface area contributed by atoms with Crippen molar-refractivity contribution in [3.8, 4) is 5.75 Å².